The molecule has 0 spiro atoms. The zero-order chi connectivity index (χ0) is 30.8. The predicted molar refractivity (Wildman–Crippen MR) is 170 cm³/mol. The molecule has 1 N–H and O–H groups in total. The molecule has 8 nitrogen and oxygen atoms in total. The third-order valence-corrected chi connectivity index (χ3v) is 12.1. The molecule has 1 aromatic carbocycles. The number of alkyl carbamates (subject to hydrolysis) is 1. The zero-order valence-electron chi connectivity index (χ0n) is 25.9. The van der Waals surface area contributed by atoms with Gasteiger partial charge in [-0.05, 0) is 77.0 Å². The number of hydrogen-bond acceptors (Lipinski definition) is 6. The molecule has 0 aliphatic rings. The van der Waals surface area contributed by atoms with Crippen LogP contribution in [0.2, 0.25) is 28.2 Å². The van der Waals surface area contributed by atoms with Crippen LogP contribution in [-0.4, -0.2) is 54.0 Å². The number of nitrogens with zero attached hydrogens (tertiary/aromatic N) is 3. The van der Waals surface area contributed by atoms with Gasteiger partial charge < -0.3 is 19.2 Å². The summed E-state index contributed by atoms with van der Waals surface area (Å²) in [7, 11) is -2.13. The van der Waals surface area contributed by atoms with Crippen molar-refractivity contribution in [2.45, 2.75) is 97.6 Å². The van der Waals surface area contributed by atoms with Gasteiger partial charge in [-0.25, -0.2) is 14.5 Å². The second-order valence-corrected chi connectivity index (χ2v) is 18.8. The summed E-state index contributed by atoms with van der Waals surface area (Å²) in [6.07, 6.45) is 1.49. The van der Waals surface area contributed by atoms with Crippen LogP contribution in [-0.2, 0) is 9.16 Å². The zero-order valence-corrected chi connectivity index (χ0v) is 28.4. The van der Waals surface area contributed by atoms with Crippen molar-refractivity contribution in [2.75, 3.05) is 13.2 Å². The number of fused-ring (bicyclic) bond motifs is 1. The topological polar surface area (TPSA) is 87.5 Å². The van der Waals surface area contributed by atoms with Crippen LogP contribution in [0.5, 0.6) is 5.75 Å². The Morgan fingerprint density at radius 1 is 1.07 bits per heavy atom. The minimum Gasteiger partial charge on any atom is -0.491 e. The van der Waals surface area contributed by atoms with Gasteiger partial charge in [-0.1, -0.05) is 44.0 Å². The molecule has 1 atom stereocenters. The maximum atomic E-state index is 12.2. The number of hydrogen-bond donors (Lipinski definition) is 1. The minimum absolute atomic E-state index is 0.00499. The number of rotatable bonds is 10. The molecule has 0 radical (unpaired) electrons. The summed E-state index contributed by atoms with van der Waals surface area (Å²) in [5.41, 5.74) is 1.78. The van der Waals surface area contributed by atoms with Crippen molar-refractivity contribution >= 4 is 48.6 Å². The molecule has 0 fully saturated rings. The molecular weight excluding hydrogens is 579 g/mol. The Kier molecular flexibility index (Phi) is 10.4. The van der Waals surface area contributed by atoms with E-state index in [0.717, 1.165) is 10.9 Å². The molecule has 3 rings (SSSR count). The van der Waals surface area contributed by atoms with E-state index in [-0.39, 0.29) is 35.9 Å². The molecular formula is C30H44Cl2N4O4Si. The number of ether oxygens (including phenoxy) is 2. The van der Waals surface area contributed by atoms with E-state index in [2.05, 4.69) is 44.3 Å². The number of carbonyl (C=O) groups excluding carboxylic acids is 1. The highest BCUT2D eigenvalue weighted by Gasteiger charge is 2.39. The summed E-state index contributed by atoms with van der Waals surface area (Å²) in [5.74, 6) is 0.582. The lowest BCUT2D eigenvalue weighted by Crippen LogP contribution is -2.46. The summed E-state index contributed by atoms with van der Waals surface area (Å²) < 4.78 is 20.2. The number of nitrogens with one attached hydrogen (secondary N) is 1. The van der Waals surface area contributed by atoms with Gasteiger partial charge in [0.1, 0.15) is 12.4 Å². The lowest BCUT2D eigenvalue weighted by Gasteiger charge is -2.39. The van der Waals surface area contributed by atoms with Crippen molar-refractivity contribution in [3.05, 3.63) is 40.5 Å². The Hall–Kier alpha value is -2.33. The van der Waals surface area contributed by atoms with Crippen molar-refractivity contribution < 1.29 is 18.7 Å². The Morgan fingerprint density at radius 2 is 1.76 bits per heavy atom. The van der Waals surface area contributed by atoms with E-state index in [9.17, 15) is 4.79 Å². The monoisotopic (exact) mass is 622 g/mol. The molecule has 0 saturated carbocycles. The van der Waals surface area contributed by atoms with E-state index in [1.165, 1.54) is 0 Å². The van der Waals surface area contributed by atoms with Crippen LogP contribution in [0.4, 0.5) is 4.79 Å². The molecule has 41 heavy (non-hydrogen) atoms. The fourth-order valence-electron chi connectivity index (χ4n) is 3.88. The highest BCUT2D eigenvalue weighted by Crippen LogP contribution is 2.38. The fraction of sp³-hybridized carbons (Fsp3) is 0.567. The van der Waals surface area contributed by atoms with Gasteiger partial charge in [0, 0.05) is 28.6 Å². The first-order valence-electron chi connectivity index (χ1n) is 14.0. The number of benzene rings is 1. The molecule has 1 amide bonds. The third-order valence-electron chi connectivity index (χ3n) is 7.03. The highest BCUT2D eigenvalue weighted by molar-refractivity contribution is 6.74. The average molecular weight is 624 g/mol. The van der Waals surface area contributed by atoms with E-state index in [0.29, 0.717) is 33.6 Å². The first-order valence-corrected chi connectivity index (χ1v) is 17.6. The van der Waals surface area contributed by atoms with E-state index in [1.807, 2.05) is 57.5 Å². The largest absolute Gasteiger partial charge is 0.491 e. The quantitative estimate of drug-likeness (QED) is 0.228. The van der Waals surface area contributed by atoms with Gasteiger partial charge in [-0.2, -0.15) is 5.10 Å². The Bertz CT molecular complexity index is 1360. The van der Waals surface area contributed by atoms with Gasteiger partial charge in [-0.3, -0.25) is 0 Å². The molecule has 226 valence electrons. The number of pyridine rings is 1. The van der Waals surface area contributed by atoms with Crippen molar-refractivity contribution in [3.63, 3.8) is 0 Å². The third kappa shape index (κ3) is 9.07. The van der Waals surface area contributed by atoms with E-state index in [1.54, 1.807) is 12.3 Å². The Morgan fingerprint density at radius 3 is 2.37 bits per heavy atom. The number of amides is 1. The van der Waals surface area contributed by atoms with E-state index < -0.39 is 14.4 Å². The van der Waals surface area contributed by atoms with Crippen molar-refractivity contribution in [3.8, 4) is 17.0 Å². The SMILES string of the molecule is CC(C)n1ncc2c(Cl)cc(-c3cc(Cl)cc(OCC(CCOC(=O)NC(C)(C)C)O[Si](C)(C)C(C)(C)C)c3)nc21. The maximum absolute atomic E-state index is 12.2. The maximum Gasteiger partial charge on any atom is 0.407 e. The van der Waals surface area contributed by atoms with Crippen LogP contribution in [0.15, 0.2) is 30.5 Å². The summed E-state index contributed by atoms with van der Waals surface area (Å²) in [4.78, 5) is 17.0. The highest BCUT2D eigenvalue weighted by atomic mass is 35.5. The first-order chi connectivity index (χ1) is 18.9. The van der Waals surface area contributed by atoms with Crippen LogP contribution < -0.4 is 10.1 Å². The second kappa shape index (κ2) is 12.9. The van der Waals surface area contributed by atoms with Gasteiger partial charge in [-0.15, -0.1) is 0 Å². The summed E-state index contributed by atoms with van der Waals surface area (Å²) in [6, 6.07) is 7.43. The van der Waals surface area contributed by atoms with Crippen LogP contribution in [0.25, 0.3) is 22.3 Å². The van der Waals surface area contributed by atoms with Crippen molar-refractivity contribution in [1.29, 1.82) is 0 Å². The van der Waals surface area contributed by atoms with E-state index in [4.69, 9.17) is 42.1 Å². The number of aromatic nitrogens is 3. The Labute approximate surface area is 255 Å². The average Bonchev–Trinajstić information content (AvgIpc) is 3.25. The summed E-state index contributed by atoms with van der Waals surface area (Å²) in [6.45, 7) is 21.2. The molecule has 0 bridgehead atoms. The standard InChI is InChI=1S/C30H44Cl2N4O4Si/c1-19(2)36-27-24(17-33-36)25(32)16-26(34-27)20-13-21(31)15-23(14-20)39-18-22(40-41(9,10)30(6,7)8)11-12-38-28(37)35-29(3,4)5/h13-17,19,22H,11-12,18H2,1-10H3,(H,35,37). The molecule has 2 aromatic heterocycles. The number of carbonyl (C=O) groups is 1. The van der Waals surface area contributed by atoms with Gasteiger partial charge in [0.15, 0.2) is 14.0 Å². The first kappa shape index (κ1) is 33.2. The second-order valence-electron chi connectivity index (χ2n) is 13.2. The normalized spacial score (nSPS) is 13.5. The van der Waals surface area contributed by atoms with Gasteiger partial charge in [0.05, 0.1) is 35.0 Å². The van der Waals surface area contributed by atoms with Gasteiger partial charge >= 0.3 is 6.09 Å². The minimum atomic E-state index is -2.13. The molecule has 0 aliphatic heterocycles. The van der Waals surface area contributed by atoms with Gasteiger partial charge in [0.2, 0.25) is 0 Å². The summed E-state index contributed by atoms with van der Waals surface area (Å²) >= 11 is 13.1. The fourth-order valence-corrected chi connectivity index (χ4v) is 5.72. The molecule has 3 aromatic rings. The van der Waals surface area contributed by atoms with Crippen LogP contribution in [0, 0.1) is 0 Å². The van der Waals surface area contributed by atoms with Crippen LogP contribution in [0.3, 0.4) is 0 Å². The number of halogens is 2. The van der Waals surface area contributed by atoms with Crippen molar-refractivity contribution in [2.24, 2.45) is 0 Å². The summed E-state index contributed by atoms with van der Waals surface area (Å²) in [5, 5.41) is 9.14. The van der Waals surface area contributed by atoms with Crippen LogP contribution >= 0.6 is 23.2 Å². The smallest absolute Gasteiger partial charge is 0.407 e. The van der Waals surface area contributed by atoms with Crippen molar-refractivity contribution in [1.82, 2.24) is 20.1 Å². The lowest BCUT2D eigenvalue weighted by atomic mass is 10.1. The molecule has 1 unspecified atom stereocenters. The predicted octanol–water partition coefficient (Wildman–Crippen LogP) is 8.67. The van der Waals surface area contributed by atoms with E-state index >= 15 is 0 Å². The molecule has 0 aliphatic carbocycles. The lowest BCUT2D eigenvalue weighted by molar-refractivity contribution is 0.0766. The molecule has 11 heteroatoms. The molecule has 2 heterocycles. The van der Waals surface area contributed by atoms with Crippen LogP contribution in [0.1, 0.15) is 67.9 Å². The molecule has 0 saturated heterocycles. The Balaban J connectivity index is 1.81. The van der Waals surface area contributed by atoms with Gasteiger partial charge in [0.25, 0.3) is 0 Å².